The highest BCUT2D eigenvalue weighted by atomic mass is 16.5. The van der Waals surface area contributed by atoms with Gasteiger partial charge in [-0.1, -0.05) is 36.4 Å². The number of aryl methyl sites for hydroxylation is 2. The predicted octanol–water partition coefficient (Wildman–Crippen LogP) is 5.22. The van der Waals surface area contributed by atoms with E-state index >= 15 is 0 Å². The third-order valence-electron chi connectivity index (χ3n) is 5.28. The fourth-order valence-electron chi connectivity index (χ4n) is 3.58. The molecule has 1 heterocycles. The molecule has 0 unspecified atom stereocenters. The highest BCUT2D eigenvalue weighted by Crippen LogP contribution is 2.25. The maximum absolute atomic E-state index is 12.5. The van der Waals surface area contributed by atoms with Gasteiger partial charge in [0.2, 0.25) is 0 Å². The van der Waals surface area contributed by atoms with Gasteiger partial charge < -0.3 is 20.1 Å². The van der Waals surface area contributed by atoms with Crippen LogP contribution in [0, 0.1) is 6.92 Å². The van der Waals surface area contributed by atoms with E-state index in [1.165, 1.54) is 0 Å². The predicted molar refractivity (Wildman–Crippen MR) is 123 cm³/mol. The lowest BCUT2D eigenvalue weighted by molar-refractivity contribution is -0.136. The van der Waals surface area contributed by atoms with E-state index in [2.05, 4.69) is 10.3 Å². The summed E-state index contributed by atoms with van der Waals surface area (Å²) in [6.45, 7) is 2.32. The molecule has 3 aromatic carbocycles. The summed E-state index contributed by atoms with van der Waals surface area (Å²) >= 11 is 0. The third-order valence-corrected chi connectivity index (χ3v) is 5.28. The monoisotopic (exact) mass is 428 g/mol. The van der Waals surface area contributed by atoms with Crippen molar-refractivity contribution in [2.45, 2.75) is 26.3 Å². The summed E-state index contributed by atoms with van der Waals surface area (Å²) in [4.78, 5) is 26.4. The van der Waals surface area contributed by atoms with Gasteiger partial charge in [-0.15, -0.1) is 0 Å². The third kappa shape index (κ3) is 5.16. The lowest BCUT2D eigenvalue weighted by atomic mass is 10.0. The Morgan fingerprint density at radius 3 is 2.56 bits per heavy atom. The Labute approximate surface area is 185 Å². The highest BCUT2D eigenvalue weighted by molar-refractivity contribution is 5.97. The van der Waals surface area contributed by atoms with Crippen LogP contribution in [0.15, 0.2) is 72.8 Å². The second-order valence-corrected chi connectivity index (χ2v) is 7.68. The zero-order valence-electron chi connectivity index (χ0n) is 17.7. The number of carboxylic acid groups (broad SMARTS) is 1. The quantitative estimate of drug-likeness (QED) is 0.359. The van der Waals surface area contributed by atoms with Gasteiger partial charge in [-0.3, -0.25) is 9.59 Å². The van der Waals surface area contributed by atoms with Crippen molar-refractivity contribution in [1.82, 2.24) is 10.3 Å². The topological polar surface area (TPSA) is 91.4 Å². The number of hydrogen-bond acceptors (Lipinski definition) is 3. The van der Waals surface area contributed by atoms with E-state index in [0.717, 1.165) is 27.6 Å². The molecule has 4 aromatic rings. The van der Waals surface area contributed by atoms with E-state index in [1.54, 1.807) is 0 Å². The van der Waals surface area contributed by atoms with Crippen LogP contribution >= 0.6 is 0 Å². The Kier molecular flexibility index (Phi) is 6.22. The van der Waals surface area contributed by atoms with Crippen LogP contribution in [-0.4, -0.2) is 22.0 Å². The van der Waals surface area contributed by atoms with Gasteiger partial charge >= 0.3 is 5.97 Å². The number of para-hydroxylation sites is 1. The maximum atomic E-state index is 12.5. The molecule has 6 nitrogen and oxygen atoms in total. The Hall–Kier alpha value is -4.06. The second kappa shape index (κ2) is 9.39. The van der Waals surface area contributed by atoms with Crippen molar-refractivity contribution in [3.05, 3.63) is 95.2 Å². The van der Waals surface area contributed by atoms with Gasteiger partial charge in [-0.25, -0.2) is 0 Å². The summed E-state index contributed by atoms with van der Waals surface area (Å²) in [5.74, 6) is 0.374. The number of H-pyrrole nitrogens is 1. The van der Waals surface area contributed by atoms with Crippen LogP contribution in [0.3, 0.4) is 0 Å². The Balaban J connectivity index is 1.38. The van der Waals surface area contributed by atoms with Gasteiger partial charge in [0.25, 0.3) is 5.91 Å². The molecule has 4 rings (SSSR count). The zero-order valence-corrected chi connectivity index (χ0v) is 17.7. The number of aromatic nitrogens is 1. The average Bonchev–Trinajstić information content (AvgIpc) is 3.21. The molecular weight excluding hydrogens is 404 g/mol. The van der Waals surface area contributed by atoms with Crippen molar-refractivity contribution in [2.75, 3.05) is 0 Å². The maximum Gasteiger partial charge on any atom is 0.303 e. The first-order valence-corrected chi connectivity index (χ1v) is 10.4. The Morgan fingerprint density at radius 1 is 0.969 bits per heavy atom. The largest absolute Gasteiger partial charge is 0.481 e. The molecule has 32 heavy (non-hydrogen) atoms. The van der Waals surface area contributed by atoms with Crippen LogP contribution in [0.5, 0.6) is 11.5 Å². The molecule has 0 aliphatic rings. The summed E-state index contributed by atoms with van der Waals surface area (Å²) < 4.78 is 5.98. The van der Waals surface area contributed by atoms with Crippen molar-refractivity contribution >= 4 is 22.8 Å². The lowest BCUT2D eigenvalue weighted by Crippen LogP contribution is -2.23. The van der Waals surface area contributed by atoms with Crippen molar-refractivity contribution < 1.29 is 19.4 Å². The summed E-state index contributed by atoms with van der Waals surface area (Å²) in [6, 6.07) is 22.8. The van der Waals surface area contributed by atoms with E-state index in [-0.39, 0.29) is 12.3 Å². The minimum Gasteiger partial charge on any atom is -0.481 e. The fourth-order valence-corrected chi connectivity index (χ4v) is 3.58. The number of aliphatic carboxylic acids is 1. The number of carboxylic acids is 1. The standard InChI is InChI=1S/C26H24N2O4/c1-17-13-22(11-9-19(17)10-12-25(29)30)32-21-7-4-5-18(14-21)16-27-26(31)24-15-20-6-2-3-8-23(20)28-24/h2-9,11,13-15,28H,10,12,16H2,1H3,(H,27,31)(H,29,30). The van der Waals surface area contributed by atoms with Gasteiger partial charge in [0.05, 0.1) is 0 Å². The van der Waals surface area contributed by atoms with Gasteiger partial charge in [0, 0.05) is 23.9 Å². The number of benzene rings is 3. The Morgan fingerprint density at radius 2 is 1.78 bits per heavy atom. The average molecular weight is 428 g/mol. The number of carbonyl (C=O) groups excluding carboxylic acids is 1. The minimum atomic E-state index is -0.807. The van der Waals surface area contributed by atoms with Gasteiger partial charge in [0.15, 0.2) is 0 Å². The molecule has 1 amide bonds. The van der Waals surface area contributed by atoms with Crippen LogP contribution in [-0.2, 0) is 17.8 Å². The van der Waals surface area contributed by atoms with Gasteiger partial charge in [0.1, 0.15) is 17.2 Å². The number of aromatic amines is 1. The SMILES string of the molecule is Cc1cc(Oc2cccc(CNC(=O)c3cc4ccccc4[nH]3)c2)ccc1CCC(=O)O. The molecule has 6 heteroatoms. The molecule has 0 fully saturated rings. The molecule has 1 aromatic heterocycles. The molecular formula is C26H24N2O4. The summed E-state index contributed by atoms with van der Waals surface area (Å²) in [5.41, 5.74) is 4.36. The fraction of sp³-hybridized carbons (Fsp3) is 0.154. The second-order valence-electron chi connectivity index (χ2n) is 7.68. The van der Waals surface area contributed by atoms with E-state index in [1.807, 2.05) is 79.7 Å². The Bertz CT molecular complexity index is 1240. The van der Waals surface area contributed by atoms with Crippen LogP contribution in [0.1, 0.15) is 33.6 Å². The van der Waals surface area contributed by atoms with Crippen molar-refractivity contribution in [1.29, 1.82) is 0 Å². The number of rotatable bonds is 8. The summed E-state index contributed by atoms with van der Waals surface area (Å²) in [7, 11) is 0. The van der Waals surface area contributed by atoms with E-state index in [4.69, 9.17) is 9.84 Å². The van der Waals surface area contributed by atoms with Crippen LogP contribution in [0.25, 0.3) is 10.9 Å². The zero-order chi connectivity index (χ0) is 22.5. The molecule has 0 saturated carbocycles. The van der Waals surface area contributed by atoms with Crippen LogP contribution < -0.4 is 10.1 Å². The number of ether oxygens (including phenoxy) is 1. The van der Waals surface area contributed by atoms with E-state index in [0.29, 0.717) is 30.2 Å². The lowest BCUT2D eigenvalue weighted by Gasteiger charge is -2.11. The molecule has 0 aliphatic carbocycles. The first kappa shape index (κ1) is 21.2. The summed E-state index contributed by atoms with van der Waals surface area (Å²) in [5, 5.41) is 12.8. The molecule has 3 N–H and O–H groups in total. The van der Waals surface area contributed by atoms with Crippen molar-refractivity contribution in [3.63, 3.8) is 0 Å². The van der Waals surface area contributed by atoms with E-state index < -0.39 is 5.97 Å². The molecule has 162 valence electrons. The highest BCUT2D eigenvalue weighted by Gasteiger charge is 2.10. The number of hydrogen-bond donors (Lipinski definition) is 3. The molecule has 0 saturated heterocycles. The minimum absolute atomic E-state index is 0.104. The van der Waals surface area contributed by atoms with Crippen molar-refractivity contribution in [3.8, 4) is 11.5 Å². The van der Waals surface area contributed by atoms with Crippen LogP contribution in [0.2, 0.25) is 0 Å². The van der Waals surface area contributed by atoms with Crippen molar-refractivity contribution in [2.24, 2.45) is 0 Å². The van der Waals surface area contributed by atoms with Crippen LogP contribution in [0.4, 0.5) is 0 Å². The molecule has 0 bridgehead atoms. The molecule has 0 radical (unpaired) electrons. The first-order valence-electron chi connectivity index (χ1n) is 10.4. The van der Waals surface area contributed by atoms with E-state index in [9.17, 15) is 9.59 Å². The first-order chi connectivity index (χ1) is 15.5. The molecule has 0 spiro atoms. The number of nitrogens with one attached hydrogen (secondary N) is 2. The van der Waals surface area contributed by atoms with Gasteiger partial charge in [-0.05, 0) is 66.4 Å². The normalized spacial score (nSPS) is 10.8. The molecule has 0 aliphatic heterocycles. The number of amides is 1. The molecule has 0 atom stereocenters. The van der Waals surface area contributed by atoms with Gasteiger partial charge in [-0.2, -0.15) is 0 Å². The summed E-state index contributed by atoms with van der Waals surface area (Å²) in [6.07, 6.45) is 0.598. The number of fused-ring (bicyclic) bond motifs is 1. The smallest absolute Gasteiger partial charge is 0.303 e. The number of carbonyl (C=O) groups is 2.